The Hall–Kier alpha value is -2.26. The van der Waals surface area contributed by atoms with Crippen LogP contribution >= 0.6 is 0 Å². The van der Waals surface area contributed by atoms with Gasteiger partial charge in [0.25, 0.3) is 0 Å². The number of hydrazine groups is 1. The Labute approximate surface area is 124 Å². The van der Waals surface area contributed by atoms with E-state index in [1.165, 1.54) is 16.3 Å². The lowest BCUT2D eigenvalue weighted by Crippen LogP contribution is -2.36. The van der Waals surface area contributed by atoms with Crippen LogP contribution in [0.25, 0.3) is 21.9 Å². The van der Waals surface area contributed by atoms with Crippen LogP contribution in [0.15, 0.2) is 53.1 Å². The van der Waals surface area contributed by atoms with Crippen molar-refractivity contribution in [1.29, 1.82) is 0 Å². The molecule has 0 spiro atoms. The minimum Gasteiger partial charge on any atom is -0.454 e. The monoisotopic (exact) mass is 278 g/mol. The van der Waals surface area contributed by atoms with E-state index in [2.05, 4.69) is 67.5 Å². The first-order valence-electron chi connectivity index (χ1n) is 7.28. The molecule has 3 heteroatoms. The molecule has 2 heterocycles. The molecule has 0 aliphatic carbocycles. The number of anilines is 1. The van der Waals surface area contributed by atoms with E-state index in [9.17, 15) is 0 Å². The Morgan fingerprint density at radius 3 is 2.62 bits per heavy atom. The average Bonchev–Trinajstić information content (AvgIpc) is 3.01. The molecular weight excluding hydrogens is 260 g/mol. The number of likely N-dealkylation sites (N-methyl/N-ethyl adjacent to an activating group) is 1. The second-order valence-corrected chi connectivity index (χ2v) is 5.71. The second-order valence-electron chi connectivity index (χ2n) is 5.71. The molecule has 21 heavy (non-hydrogen) atoms. The van der Waals surface area contributed by atoms with Crippen molar-refractivity contribution < 1.29 is 4.42 Å². The minimum atomic E-state index is 0.393. The highest BCUT2D eigenvalue weighted by Gasteiger charge is 2.25. The van der Waals surface area contributed by atoms with Gasteiger partial charge < -0.3 is 4.42 Å². The van der Waals surface area contributed by atoms with E-state index >= 15 is 0 Å². The highest BCUT2D eigenvalue weighted by Crippen LogP contribution is 2.39. The fourth-order valence-corrected chi connectivity index (χ4v) is 3.02. The topological polar surface area (TPSA) is 19.6 Å². The molecule has 0 radical (unpaired) electrons. The van der Waals surface area contributed by atoms with Gasteiger partial charge in [0.15, 0.2) is 5.58 Å². The number of para-hydroxylation sites is 1. The van der Waals surface area contributed by atoms with E-state index in [-0.39, 0.29) is 0 Å². The van der Waals surface area contributed by atoms with Crippen molar-refractivity contribution in [2.75, 3.05) is 12.1 Å². The Morgan fingerprint density at radius 2 is 1.86 bits per heavy atom. The Bertz CT molecular complexity index is 862. The number of hydrogen-bond donors (Lipinski definition) is 0. The fourth-order valence-electron chi connectivity index (χ4n) is 3.02. The van der Waals surface area contributed by atoms with Crippen molar-refractivity contribution >= 4 is 27.6 Å². The lowest BCUT2D eigenvalue weighted by Gasteiger charge is -2.29. The van der Waals surface area contributed by atoms with Crippen molar-refractivity contribution in [2.24, 2.45) is 0 Å². The molecule has 3 aromatic rings. The molecule has 106 valence electrons. The highest BCUT2D eigenvalue weighted by atomic mass is 16.3. The van der Waals surface area contributed by atoms with Crippen LogP contribution in [0.5, 0.6) is 0 Å². The number of benzene rings is 2. The molecular formula is C18H18N2O. The molecule has 4 rings (SSSR count). The van der Waals surface area contributed by atoms with Crippen LogP contribution in [0.3, 0.4) is 0 Å². The van der Waals surface area contributed by atoms with E-state index in [1.807, 2.05) is 12.1 Å². The first kappa shape index (κ1) is 12.5. The van der Waals surface area contributed by atoms with E-state index < -0.39 is 0 Å². The van der Waals surface area contributed by atoms with Crippen molar-refractivity contribution in [3.8, 4) is 0 Å². The fraction of sp³-hybridized carbons (Fsp3) is 0.222. The standard InChI is InChI=1S/C18H18N2O/c1-12-8-9-15-14-6-4-5-7-16(14)21-18(15)17(12)20-11-10-13(2)19(20)3/h4-11,13H,1-3H3. The molecule has 1 aliphatic heterocycles. The largest absolute Gasteiger partial charge is 0.454 e. The molecule has 0 fully saturated rings. The summed E-state index contributed by atoms with van der Waals surface area (Å²) in [6.45, 7) is 4.32. The summed E-state index contributed by atoms with van der Waals surface area (Å²) < 4.78 is 6.16. The smallest absolute Gasteiger partial charge is 0.160 e. The van der Waals surface area contributed by atoms with Crippen molar-refractivity contribution in [1.82, 2.24) is 5.01 Å². The number of furan rings is 1. The van der Waals surface area contributed by atoms with E-state index in [0.29, 0.717) is 6.04 Å². The first-order valence-corrected chi connectivity index (χ1v) is 7.28. The molecule has 0 bridgehead atoms. The van der Waals surface area contributed by atoms with Gasteiger partial charge in [-0.25, -0.2) is 5.01 Å². The van der Waals surface area contributed by atoms with Crippen LogP contribution in [-0.2, 0) is 0 Å². The molecule has 2 aromatic carbocycles. The van der Waals surface area contributed by atoms with Crippen LogP contribution in [0.2, 0.25) is 0 Å². The van der Waals surface area contributed by atoms with Crippen LogP contribution in [-0.4, -0.2) is 18.1 Å². The summed E-state index contributed by atoms with van der Waals surface area (Å²) >= 11 is 0. The van der Waals surface area contributed by atoms with Crippen LogP contribution in [0, 0.1) is 6.92 Å². The molecule has 3 nitrogen and oxygen atoms in total. The Morgan fingerprint density at radius 1 is 1.05 bits per heavy atom. The molecule has 1 aliphatic rings. The van der Waals surface area contributed by atoms with Gasteiger partial charge in [0.1, 0.15) is 11.3 Å². The van der Waals surface area contributed by atoms with Crippen LogP contribution < -0.4 is 5.01 Å². The number of hydrogen-bond acceptors (Lipinski definition) is 3. The molecule has 1 atom stereocenters. The summed E-state index contributed by atoms with van der Waals surface area (Å²) in [5, 5.41) is 6.75. The van der Waals surface area contributed by atoms with Crippen LogP contribution in [0.4, 0.5) is 5.69 Å². The quantitative estimate of drug-likeness (QED) is 0.655. The maximum absolute atomic E-state index is 6.16. The Kier molecular flexibility index (Phi) is 2.59. The Balaban J connectivity index is 2.04. The van der Waals surface area contributed by atoms with Gasteiger partial charge in [-0.1, -0.05) is 30.3 Å². The maximum Gasteiger partial charge on any atom is 0.160 e. The molecule has 0 saturated carbocycles. The van der Waals surface area contributed by atoms with Gasteiger partial charge in [-0.3, -0.25) is 5.01 Å². The zero-order valence-corrected chi connectivity index (χ0v) is 12.5. The van der Waals surface area contributed by atoms with Crippen molar-refractivity contribution in [3.63, 3.8) is 0 Å². The van der Waals surface area contributed by atoms with Gasteiger partial charge >= 0.3 is 0 Å². The second kappa shape index (κ2) is 4.37. The summed E-state index contributed by atoms with van der Waals surface area (Å²) in [6, 6.07) is 12.9. The molecule has 0 amide bonds. The zero-order valence-electron chi connectivity index (χ0n) is 12.5. The van der Waals surface area contributed by atoms with Gasteiger partial charge in [-0.15, -0.1) is 0 Å². The number of rotatable bonds is 1. The van der Waals surface area contributed by atoms with Gasteiger partial charge in [0.2, 0.25) is 0 Å². The highest BCUT2D eigenvalue weighted by molar-refractivity contribution is 6.09. The van der Waals surface area contributed by atoms with E-state index in [0.717, 1.165) is 16.9 Å². The zero-order chi connectivity index (χ0) is 14.6. The predicted molar refractivity (Wildman–Crippen MR) is 87.3 cm³/mol. The van der Waals surface area contributed by atoms with Crippen molar-refractivity contribution in [2.45, 2.75) is 19.9 Å². The molecule has 1 aromatic heterocycles. The minimum absolute atomic E-state index is 0.393. The van der Waals surface area contributed by atoms with Gasteiger partial charge in [0, 0.05) is 30.1 Å². The van der Waals surface area contributed by atoms with Crippen molar-refractivity contribution in [3.05, 3.63) is 54.2 Å². The lowest BCUT2D eigenvalue weighted by molar-refractivity contribution is 0.321. The number of aryl methyl sites for hydroxylation is 1. The van der Waals surface area contributed by atoms with E-state index in [1.54, 1.807) is 0 Å². The van der Waals surface area contributed by atoms with Gasteiger partial charge in [-0.05, 0) is 31.6 Å². The summed E-state index contributed by atoms with van der Waals surface area (Å²) in [5.41, 5.74) is 4.25. The number of nitrogens with zero attached hydrogens (tertiary/aromatic N) is 2. The number of fused-ring (bicyclic) bond motifs is 3. The summed E-state index contributed by atoms with van der Waals surface area (Å²) in [4.78, 5) is 0. The summed E-state index contributed by atoms with van der Waals surface area (Å²) in [5.74, 6) is 0. The van der Waals surface area contributed by atoms with E-state index in [4.69, 9.17) is 4.42 Å². The first-order chi connectivity index (χ1) is 10.2. The maximum atomic E-state index is 6.16. The predicted octanol–water partition coefficient (Wildman–Crippen LogP) is 4.46. The lowest BCUT2D eigenvalue weighted by atomic mass is 10.1. The summed E-state index contributed by atoms with van der Waals surface area (Å²) in [7, 11) is 2.10. The molecule has 0 saturated heterocycles. The summed E-state index contributed by atoms with van der Waals surface area (Å²) in [6.07, 6.45) is 4.32. The molecule has 1 unspecified atom stereocenters. The molecule has 0 N–H and O–H groups in total. The SMILES string of the molecule is Cc1ccc2c(oc3ccccc32)c1N1C=CC(C)N1C. The third-order valence-electron chi connectivity index (χ3n) is 4.39. The third-order valence-corrected chi connectivity index (χ3v) is 4.39. The third kappa shape index (κ3) is 1.71. The van der Waals surface area contributed by atoms with Gasteiger partial charge in [-0.2, -0.15) is 0 Å². The van der Waals surface area contributed by atoms with Crippen LogP contribution in [0.1, 0.15) is 12.5 Å². The van der Waals surface area contributed by atoms with Gasteiger partial charge in [0.05, 0.1) is 0 Å². The normalized spacial score (nSPS) is 19.2. The average molecular weight is 278 g/mol.